The molecule has 0 aliphatic carbocycles. The minimum atomic E-state index is -0.307. The molecule has 0 unspecified atom stereocenters. The van der Waals surface area contributed by atoms with Crippen LogP contribution in [0.1, 0.15) is 10.4 Å². The quantitative estimate of drug-likeness (QED) is 0.539. The van der Waals surface area contributed by atoms with E-state index < -0.39 is 0 Å². The van der Waals surface area contributed by atoms with Crippen LogP contribution in [-0.4, -0.2) is 28.7 Å². The van der Waals surface area contributed by atoms with Gasteiger partial charge < -0.3 is 9.84 Å². The number of ether oxygens (including phenoxy) is 1. The number of nitrogens with zero attached hydrogens (tertiary/aromatic N) is 1. The molecule has 7 heteroatoms. The van der Waals surface area contributed by atoms with Gasteiger partial charge in [0, 0.05) is 5.02 Å². The number of para-hydroxylation sites is 1. The van der Waals surface area contributed by atoms with Gasteiger partial charge in [0.15, 0.2) is 5.78 Å². The van der Waals surface area contributed by atoms with Gasteiger partial charge in [-0.1, -0.05) is 35.1 Å². The fourth-order valence-corrected chi connectivity index (χ4v) is 3.42. The van der Waals surface area contributed by atoms with E-state index in [0.29, 0.717) is 11.6 Å². The lowest BCUT2D eigenvalue weighted by molar-refractivity contribution is 0.0743. The average molecular weight is 364 g/mol. The molecule has 0 aliphatic rings. The molecule has 3 rings (SSSR count). The molecule has 24 heavy (non-hydrogen) atoms. The lowest BCUT2D eigenvalue weighted by atomic mass is 10.1. The van der Waals surface area contributed by atoms with Crippen molar-refractivity contribution in [1.82, 2.24) is 4.57 Å². The summed E-state index contributed by atoms with van der Waals surface area (Å²) in [5.74, 6) is -0.376. The summed E-state index contributed by atoms with van der Waals surface area (Å²) >= 11 is 7.12. The predicted molar refractivity (Wildman–Crippen MR) is 94.4 cm³/mol. The zero-order valence-electron chi connectivity index (χ0n) is 12.6. The molecule has 5 nitrogen and oxygen atoms in total. The fourth-order valence-electron chi connectivity index (χ4n) is 2.35. The second kappa shape index (κ2) is 7.17. The number of aromatic hydroxyl groups is 1. The van der Waals surface area contributed by atoms with Gasteiger partial charge in [0.25, 0.3) is 0 Å². The summed E-state index contributed by atoms with van der Waals surface area (Å²) in [5.41, 5.74) is 0.982. The van der Waals surface area contributed by atoms with Gasteiger partial charge >= 0.3 is 4.87 Å². The lowest BCUT2D eigenvalue weighted by Crippen LogP contribution is -2.18. The van der Waals surface area contributed by atoms with Crippen LogP contribution in [0, 0.1) is 0 Å². The molecule has 0 aliphatic heterocycles. The van der Waals surface area contributed by atoms with E-state index in [1.54, 1.807) is 34.9 Å². The Bertz CT molecular complexity index is 947. The third-order valence-corrected chi connectivity index (χ3v) is 4.72. The van der Waals surface area contributed by atoms with Crippen LogP contribution in [-0.2, 0) is 11.3 Å². The van der Waals surface area contributed by atoms with Crippen LogP contribution in [0.5, 0.6) is 5.75 Å². The highest BCUT2D eigenvalue weighted by Gasteiger charge is 2.11. The lowest BCUT2D eigenvalue weighted by Gasteiger charge is -2.06. The monoisotopic (exact) mass is 363 g/mol. The van der Waals surface area contributed by atoms with Gasteiger partial charge in [-0.2, -0.15) is 0 Å². The maximum atomic E-state index is 12.0. The van der Waals surface area contributed by atoms with Gasteiger partial charge in [-0.15, -0.1) is 0 Å². The van der Waals surface area contributed by atoms with Crippen LogP contribution in [0.3, 0.4) is 0 Å². The highest BCUT2D eigenvalue weighted by atomic mass is 35.5. The molecular formula is C17H14ClNO4S. The number of rotatable bonds is 6. The third kappa shape index (κ3) is 3.51. The Morgan fingerprint density at radius 1 is 1.25 bits per heavy atom. The molecule has 1 aromatic heterocycles. The van der Waals surface area contributed by atoms with E-state index in [1.165, 1.54) is 6.07 Å². The molecule has 3 aromatic rings. The van der Waals surface area contributed by atoms with Gasteiger partial charge in [-0.25, -0.2) is 0 Å². The van der Waals surface area contributed by atoms with Crippen LogP contribution < -0.4 is 4.87 Å². The van der Waals surface area contributed by atoms with Crippen molar-refractivity contribution >= 4 is 38.9 Å². The van der Waals surface area contributed by atoms with Crippen LogP contribution in [0.4, 0.5) is 0 Å². The average Bonchev–Trinajstić information content (AvgIpc) is 2.87. The molecule has 0 saturated heterocycles. The fraction of sp³-hybridized carbons (Fsp3) is 0.176. The number of ketones is 1. The minimum Gasteiger partial charge on any atom is -0.507 e. The third-order valence-electron chi connectivity index (χ3n) is 3.53. The van der Waals surface area contributed by atoms with E-state index in [9.17, 15) is 14.7 Å². The van der Waals surface area contributed by atoms with Gasteiger partial charge in [-0.05, 0) is 30.3 Å². The molecule has 1 N–H and O–H groups in total. The minimum absolute atomic E-state index is 0.0687. The molecule has 1 heterocycles. The van der Waals surface area contributed by atoms with E-state index in [4.69, 9.17) is 16.3 Å². The van der Waals surface area contributed by atoms with E-state index in [2.05, 4.69) is 0 Å². The Kier molecular flexibility index (Phi) is 4.99. The number of benzene rings is 2. The number of carbonyl (C=O) groups excluding carboxylic acids is 1. The zero-order chi connectivity index (χ0) is 17.1. The molecular weight excluding hydrogens is 350 g/mol. The first-order valence-corrected chi connectivity index (χ1v) is 8.43. The standard InChI is InChI=1S/C17H14ClNO4S/c18-11-5-6-16-13(9-11)19(17(22)24-16)7-8-23-10-15(21)12-3-1-2-4-14(12)20/h1-6,9,20H,7-8,10H2. The predicted octanol–water partition coefficient (Wildman–Crippen LogP) is 3.32. The van der Waals surface area contributed by atoms with E-state index in [1.807, 2.05) is 6.07 Å². The normalized spacial score (nSPS) is 11.0. The van der Waals surface area contributed by atoms with Gasteiger partial charge in [0.05, 0.1) is 28.9 Å². The highest BCUT2D eigenvalue weighted by molar-refractivity contribution is 7.16. The molecule has 0 radical (unpaired) electrons. The van der Waals surface area contributed by atoms with E-state index in [-0.39, 0.29) is 35.2 Å². The molecule has 0 amide bonds. The number of Topliss-reactive ketones (excluding diaryl/α,β-unsaturated/α-hetero) is 1. The first kappa shape index (κ1) is 16.7. The van der Waals surface area contributed by atoms with Crippen molar-refractivity contribution in [1.29, 1.82) is 0 Å². The summed E-state index contributed by atoms with van der Waals surface area (Å²) in [5, 5.41) is 10.2. The summed E-state index contributed by atoms with van der Waals surface area (Å²) in [6.07, 6.45) is 0. The molecule has 2 aromatic carbocycles. The summed E-state index contributed by atoms with van der Waals surface area (Å²) < 4.78 is 7.80. The smallest absolute Gasteiger partial charge is 0.308 e. The number of thiazole rings is 1. The van der Waals surface area contributed by atoms with Crippen molar-refractivity contribution < 1.29 is 14.6 Å². The maximum absolute atomic E-state index is 12.0. The number of aromatic nitrogens is 1. The van der Waals surface area contributed by atoms with Crippen molar-refractivity contribution in [3.8, 4) is 5.75 Å². The van der Waals surface area contributed by atoms with Crippen LogP contribution in [0.2, 0.25) is 5.02 Å². The second-order valence-electron chi connectivity index (χ2n) is 5.12. The van der Waals surface area contributed by atoms with Crippen molar-refractivity contribution in [3.05, 3.63) is 62.7 Å². The SMILES string of the molecule is O=C(COCCn1c(=O)sc2ccc(Cl)cc21)c1ccccc1O. The summed E-state index contributed by atoms with van der Waals surface area (Å²) in [7, 11) is 0. The largest absolute Gasteiger partial charge is 0.507 e. The first-order valence-electron chi connectivity index (χ1n) is 7.24. The molecule has 0 spiro atoms. The molecule has 0 saturated carbocycles. The first-order chi connectivity index (χ1) is 11.6. The van der Waals surface area contributed by atoms with Crippen molar-refractivity contribution in [3.63, 3.8) is 0 Å². The summed E-state index contributed by atoms with van der Waals surface area (Å²) in [6.45, 7) is 0.375. The van der Waals surface area contributed by atoms with Crippen molar-refractivity contribution in [2.24, 2.45) is 0 Å². The Hall–Kier alpha value is -2.15. The highest BCUT2D eigenvalue weighted by Crippen LogP contribution is 2.21. The van der Waals surface area contributed by atoms with Crippen LogP contribution in [0.15, 0.2) is 47.3 Å². The maximum Gasteiger partial charge on any atom is 0.308 e. The van der Waals surface area contributed by atoms with Crippen LogP contribution in [0.25, 0.3) is 10.2 Å². The zero-order valence-corrected chi connectivity index (χ0v) is 14.1. The van der Waals surface area contributed by atoms with Gasteiger partial charge in [0.1, 0.15) is 12.4 Å². The number of halogens is 1. The van der Waals surface area contributed by atoms with E-state index in [0.717, 1.165) is 21.6 Å². The Labute approximate surface area is 146 Å². The number of carbonyl (C=O) groups is 1. The Morgan fingerprint density at radius 3 is 2.83 bits per heavy atom. The topological polar surface area (TPSA) is 68.5 Å². The summed E-state index contributed by atoms with van der Waals surface area (Å²) in [4.78, 5) is 23.9. The number of hydrogen-bond donors (Lipinski definition) is 1. The summed E-state index contributed by atoms with van der Waals surface area (Å²) in [6, 6.07) is 11.6. The molecule has 0 atom stereocenters. The Balaban J connectivity index is 1.62. The van der Waals surface area contributed by atoms with Crippen molar-refractivity contribution in [2.45, 2.75) is 6.54 Å². The van der Waals surface area contributed by atoms with Gasteiger partial charge in [-0.3, -0.25) is 14.2 Å². The van der Waals surface area contributed by atoms with Crippen LogP contribution >= 0.6 is 22.9 Å². The number of hydrogen-bond acceptors (Lipinski definition) is 5. The number of phenols is 1. The van der Waals surface area contributed by atoms with E-state index >= 15 is 0 Å². The van der Waals surface area contributed by atoms with Crippen molar-refractivity contribution in [2.75, 3.05) is 13.2 Å². The molecule has 0 fully saturated rings. The molecule has 124 valence electrons. The van der Waals surface area contributed by atoms with Gasteiger partial charge in [0.2, 0.25) is 0 Å². The number of fused-ring (bicyclic) bond motifs is 1. The number of phenolic OH excluding ortho intramolecular Hbond substituents is 1. The second-order valence-corrected chi connectivity index (χ2v) is 6.55. The Morgan fingerprint density at radius 2 is 2.04 bits per heavy atom. The molecule has 0 bridgehead atoms.